The van der Waals surface area contributed by atoms with E-state index in [9.17, 15) is 9.90 Å². The number of carbonyl (C=O) groups is 1. The van der Waals surface area contributed by atoms with E-state index in [-0.39, 0.29) is 28.5 Å². The second kappa shape index (κ2) is 4.72. The molecule has 1 aliphatic rings. The second-order valence-electron chi connectivity index (χ2n) is 4.10. The maximum absolute atomic E-state index is 11.3. The van der Waals surface area contributed by atoms with Gasteiger partial charge in [-0.15, -0.1) is 0 Å². The van der Waals surface area contributed by atoms with Crippen molar-refractivity contribution in [2.24, 2.45) is 11.7 Å². The number of hydrogen-bond acceptors (Lipinski definition) is 3. The lowest BCUT2D eigenvalue weighted by atomic mass is 9.88. The number of primary amides is 1. The van der Waals surface area contributed by atoms with Crippen LogP contribution in [0.15, 0.2) is 12.1 Å². The number of nitrogens with one attached hydrogen (secondary N) is 1. The molecular weight excluding hydrogens is 263 g/mol. The van der Waals surface area contributed by atoms with Crippen molar-refractivity contribution in [3.05, 3.63) is 27.7 Å². The molecule has 1 aromatic rings. The molecule has 0 bridgehead atoms. The number of rotatable bonds is 2. The number of phenolic OH excluding ortho intramolecular Hbond substituents is 1. The minimum absolute atomic E-state index is 0.0411. The van der Waals surface area contributed by atoms with Crippen molar-refractivity contribution >= 4 is 29.1 Å². The lowest BCUT2D eigenvalue weighted by Gasteiger charge is -2.17. The predicted molar refractivity (Wildman–Crippen MR) is 66.4 cm³/mol. The number of phenols is 1. The van der Waals surface area contributed by atoms with E-state index in [0.717, 1.165) is 0 Å². The van der Waals surface area contributed by atoms with E-state index in [4.69, 9.17) is 28.9 Å². The summed E-state index contributed by atoms with van der Waals surface area (Å²) in [6.45, 7) is 1.10. The molecule has 4 N–H and O–H groups in total. The van der Waals surface area contributed by atoms with Gasteiger partial charge in [-0.2, -0.15) is 0 Å². The molecule has 2 rings (SSSR count). The quantitative estimate of drug-likeness (QED) is 0.765. The smallest absolute Gasteiger partial charge is 0.222 e. The maximum Gasteiger partial charge on any atom is 0.222 e. The van der Waals surface area contributed by atoms with Gasteiger partial charge in [0.15, 0.2) is 0 Å². The average molecular weight is 275 g/mol. The Morgan fingerprint density at radius 1 is 1.35 bits per heavy atom. The summed E-state index contributed by atoms with van der Waals surface area (Å²) in [6, 6.07) is 2.97. The molecule has 6 heteroatoms. The minimum atomic E-state index is -0.384. The molecule has 0 aliphatic carbocycles. The Morgan fingerprint density at radius 2 is 2.00 bits per heavy atom. The Labute approximate surface area is 109 Å². The largest absolute Gasteiger partial charge is 0.508 e. The van der Waals surface area contributed by atoms with Crippen LogP contribution in [0.1, 0.15) is 11.5 Å². The zero-order valence-corrected chi connectivity index (χ0v) is 10.4. The van der Waals surface area contributed by atoms with E-state index < -0.39 is 0 Å². The Hall–Kier alpha value is -0.970. The van der Waals surface area contributed by atoms with E-state index in [2.05, 4.69) is 5.32 Å². The van der Waals surface area contributed by atoms with Crippen molar-refractivity contribution in [3.63, 3.8) is 0 Å². The van der Waals surface area contributed by atoms with Gasteiger partial charge in [0, 0.05) is 30.6 Å². The van der Waals surface area contributed by atoms with E-state index in [1.807, 2.05) is 0 Å². The summed E-state index contributed by atoms with van der Waals surface area (Å²) in [4.78, 5) is 11.3. The van der Waals surface area contributed by atoms with Crippen molar-refractivity contribution in [3.8, 4) is 5.75 Å². The van der Waals surface area contributed by atoms with Crippen LogP contribution in [0.25, 0.3) is 0 Å². The highest BCUT2D eigenvalue weighted by atomic mass is 35.5. The van der Waals surface area contributed by atoms with Crippen LogP contribution in [0.5, 0.6) is 5.75 Å². The molecule has 2 atom stereocenters. The van der Waals surface area contributed by atoms with Crippen molar-refractivity contribution in [1.82, 2.24) is 5.32 Å². The topological polar surface area (TPSA) is 75.4 Å². The summed E-state index contributed by atoms with van der Waals surface area (Å²) < 4.78 is 0. The van der Waals surface area contributed by atoms with Gasteiger partial charge in [-0.1, -0.05) is 23.2 Å². The van der Waals surface area contributed by atoms with Crippen LogP contribution in [0, 0.1) is 5.92 Å². The highest BCUT2D eigenvalue weighted by molar-refractivity contribution is 6.42. The van der Waals surface area contributed by atoms with Crippen LogP contribution in [-0.4, -0.2) is 24.1 Å². The fourth-order valence-electron chi connectivity index (χ4n) is 2.15. The molecule has 1 amide bonds. The van der Waals surface area contributed by atoms with Gasteiger partial charge in [0.05, 0.1) is 16.0 Å². The van der Waals surface area contributed by atoms with Gasteiger partial charge >= 0.3 is 0 Å². The normalized spacial score (nSPS) is 23.9. The molecule has 1 aromatic carbocycles. The molecule has 1 saturated heterocycles. The van der Waals surface area contributed by atoms with Crippen molar-refractivity contribution in [1.29, 1.82) is 0 Å². The SMILES string of the molecule is NC(=O)[C@@H]1CNC[C@H]1c1cc(Cl)c(Cl)cc1O. The number of halogens is 2. The van der Waals surface area contributed by atoms with Crippen LogP contribution >= 0.6 is 23.2 Å². The van der Waals surface area contributed by atoms with Crippen LogP contribution < -0.4 is 11.1 Å². The minimum Gasteiger partial charge on any atom is -0.508 e. The van der Waals surface area contributed by atoms with Crippen LogP contribution in [0.4, 0.5) is 0 Å². The Balaban J connectivity index is 2.40. The summed E-state index contributed by atoms with van der Waals surface area (Å²) in [7, 11) is 0. The third-order valence-corrected chi connectivity index (χ3v) is 3.77. The molecule has 92 valence electrons. The molecule has 17 heavy (non-hydrogen) atoms. The van der Waals surface area contributed by atoms with Gasteiger partial charge < -0.3 is 16.2 Å². The van der Waals surface area contributed by atoms with Crippen molar-refractivity contribution < 1.29 is 9.90 Å². The summed E-state index contributed by atoms with van der Waals surface area (Å²) in [5, 5.41) is 13.6. The molecular formula is C11H12Cl2N2O2. The summed E-state index contributed by atoms with van der Waals surface area (Å²) in [5.74, 6) is -0.842. The predicted octanol–water partition coefficient (Wildman–Crippen LogP) is 1.49. The molecule has 0 aromatic heterocycles. The molecule has 0 spiro atoms. The zero-order valence-electron chi connectivity index (χ0n) is 8.91. The van der Waals surface area contributed by atoms with Gasteiger partial charge in [0.2, 0.25) is 5.91 Å². The van der Waals surface area contributed by atoms with E-state index in [1.165, 1.54) is 6.07 Å². The first-order valence-corrected chi connectivity index (χ1v) is 5.94. The fourth-order valence-corrected chi connectivity index (χ4v) is 2.48. The number of aromatic hydroxyl groups is 1. The van der Waals surface area contributed by atoms with Gasteiger partial charge in [-0.25, -0.2) is 0 Å². The molecule has 0 radical (unpaired) electrons. The zero-order chi connectivity index (χ0) is 12.6. The van der Waals surface area contributed by atoms with E-state index in [0.29, 0.717) is 23.7 Å². The van der Waals surface area contributed by atoms with Gasteiger partial charge in [-0.3, -0.25) is 4.79 Å². The number of benzene rings is 1. The van der Waals surface area contributed by atoms with E-state index >= 15 is 0 Å². The van der Waals surface area contributed by atoms with Gasteiger partial charge in [-0.05, 0) is 6.07 Å². The molecule has 0 unspecified atom stereocenters. The van der Waals surface area contributed by atoms with E-state index in [1.54, 1.807) is 6.07 Å². The standard InChI is InChI=1S/C11H12Cl2N2O2/c12-8-1-5(10(16)2-9(8)13)6-3-15-4-7(6)11(14)17/h1-2,6-7,15-16H,3-4H2,(H2,14,17)/t6-,7+/m0/s1. The van der Waals surface area contributed by atoms with Crippen LogP contribution in [-0.2, 0) is 4.79 Å². The Bertz CT molecular complexity index is 465. The van der Waals surface area contributed by atoms with Crippen molar-refractivity contribution in [2.75, 3.05) is 13.1 Å². The molecule has 1 aliphatic heterocycles. The highest BCUT2D eigenvalue weighted by Gasteiger charge is 2.34. The van der Waals surface area contributed by atoms with Crippen LogP contribution in [0.3, 0.4) is 0 Å². The van der Waals surface area contributed by atoms with Crippen molar-refractivity contribution in [2.45, 2.75) is 5.92 Å². The third-order valence-electron chi connectivity index (χ3n) is 3.05. The highest BCUT2D eigenvalue weighted by Crippen LogP contribution is 2.38. The first-order chi connectivity index (χ1) is 8.00. The van der Waals surface area contributed by atoms with Crippen LogP contribution in [0.2, 0.25) is 10.0 Å². The monoisotopic (exact) mass is 274 g/mol. The lowest BCUT2D eigenvalue weighted by Crippen LogP contribution is -2.28. The molecule has 0 saturated carbocycles. The Kier molecular flexibility index (Phi) is 3.47. The molecule has 1 heterocycles. The average Bonchev–Trinajstić information content (AvgIpc) is 2.72. The van der Waals surface area contributed by atoms with Gasteiger partial charge in [0.1, 0.15) is 5.75 Å². The summed E-state index contributed by atoms with van der Waals surface area (Å²) >= 11 is 11.7. The Morgan fingerprint density at radius 3 is 2.65 bits per heavy atom. The fraction of sp³-hybridized carbons (Fsp3) is 0.364. The first kappa shape index (κ1) is 12.5. The molecule has 1 fully saturated rings. The first-order valence-electron chi connectivity index (χ1n) is 5.18. The second-order valence-corrected chi connectivity index (χ2v) is 4.91. The third kappa shape index (κ3) is 2.34. The number of hydrogen-bond donors (Lipinski definition) is 3. The van der Waals surface area contributed by atoms with Gasteiger partial charge in [0.25, 0.3) is 0 Å². The summed E-state index contributed by atoms with van der Waals surface area (Å²) in [6.07, 6.45) is 0. The molecule has 4 nitrogen and oxygen atoms in total. The lowest BCUT2D eigenvalue weighted by molar-refractivity contribution is -0.121. The number of carbonyl (C=O) groups excluding carboxylic acids is 1. The number of nitrogens with two attached hydrogens (primary N) is 1. The maximum atomic E-state index is 11.3. The number of amides is 1. The summed E-state index contributed by atoms with van der Waals surface area (Å²) in [5.41, 5.74) is 5.93.